The van der Waals surface area contributed by atoms with Gasteiger partial charge in [0.1, 0.15) is 0 Å². The molecule has 0 spiro atoms. The van der Waals surface area contributed by atoms with Gasteiger partial charge in [-0.3, -0.25) is 9.97 Å². The molecule has 19 heavy (non-hydrogen) atoms. The molecule has 2 aromatic rings. The fourth-order valence-corrected chi connectivity index (χ4v) is 2.85. The molecular formula is C16H19N3. The molecule has 0 amide bonds. The molecule has 0 saturated carbocycles. The normalized spacial score (nSPS) is 19.5. The molecule has 98 valence electrons. The zero-order valence-electron chi connectivity index (χ0n) is 11.0. The molecule has 0 aliphatic carbocycles. The molecule has 0 aromatic carbocycles. The van der Waals surface area contributed by atoms with Gasteiger partial charge >= 0.3 is 0 Å². The van der Waals surface area contributed by atoms with Gasteiger partial charge in [0.2, 0.25) is 0 Å². The van der Waals surface area contributed by atoms with Crippen LogP contribution >= 0.6 is 0 Å². The first-order valence-corrected chi connectivity index (χ1v) is 7.00. The summed E-state index contributed by atoms with van der Waals surface area (Å²) in [6.45, 7) is 1.10. The van der Waals surface area contributed by atoms with E-state index in [1.807, 2.05) is 24.5 Å². The number of rotatable bonds is 3. The fraction of sp³-hybridized carbons (Fsp3) is 0.375. The highest BCUT2D eigenvalue weighted by Crippen LogP contribution is 2.29. The van der Waals surface area contributed by atoms with Crippen LogP contribution in [0, 0.1) is 0 Å². The molecule has 1 saturated heterocycles. The lowest BCUT2D eigenvalue weighted by molar-refractivity contribution is 0.366. The fourth-order valence-electron chi connectivity index (χ4n) is 2.85. The first-order valence-electron chi connectivity index (χ1n) is 7.00. The molecule has 1 aliphatic heterocycles. The second kappa shape index (κ2) is 5.93. The van der Waals surface area contributed by atoms with E-state index in [2.05, 4.69) is 39.6 Å². The molecule has 0 bridgehead atoms. The summed E-state index contributed by atoms with van der Waals surface area (Å²) in [4.78, 5) is 9.10. The Morgan fingerprint density at radius 2 is 1.63 bits per heavy atom. The highest BCUT2D eigenvalue weighted by atomic mass is 14.9. The Bertz CT molecular complexity index is 452. The number of piperidine rings is 1. The van der Waals surface area contributed by atoms with Crippen LogP contribution in [0.15, 0.2) is 48.8 Å². The second-order valence-corrected chi connectivity index (χ2v) is 5.04. The van der Waals surface area contributed by atoms with Crippen molar-refractivity contribution in [2.75, 3.05) is 6.54 Å². The molecule has 3 rings (SSSR count). The minimum Gasteiger partial charge on any atom is -0.313 e. The zero-order chi connectivity index (χ0) is 12.9. The molecule has 1 unspecified atom stereocenters. The van der Waals surface area contributed by atoms with Crippen LogP contribution in [0.5, 0.6) is 0 Å². The SMILES string of the molecule is c1ccc(C(c2ccccn2)C2CCCCN2)nc1. The van der Waals surface area contributed by atoms with Gasteiger partial charge in [0.05, 0.1) is 17.3 Å². The third kappa shape index (κ3) is 2.82. The van der Waals surface area contributed by atoms with Crippen molar-refractivity contribution in [2.45, 2.75) is 31.2 Å². The van der Waals surface area contributed by atoms with Crippen molar-refractivity contribution in [1.82, 2.24) is 15.3 Å². The average molecular weight is 253 g/mol. The molecule has 0 radical (unpaired) electrons. The summed E-state index contributed by atoms with van der Waals surface area (Å²) in [5.74, 6) is 0.252. The first-order chi connectivity index (χ1) is 9.45. The van der Waals surface area contributed by atoms with Crippen molar-refractivity contribution in [3.8, 4) is 0 Å². The monoisotopic (exact) mass is 253 g/mol. The maximum atomic E-state index is 4.55. The maximum absolute atomic E-state index is 4.55. The minimum atomic E-state index is 0.252. The van der Waals surface area contributed by atoms with Gasteiger partial charge in [-0.15, -0.1) is 0 Å². The van der Waals surface area contributed by atoms with Gasteiger partial charge < -0.3 is 5.32 Å². The molecule has 3 nitrogen and oxygen atoms in total. The number of hydrogen-bond donors (Lipinski definition) is 1. The quantitative estimate of drug-likeness (QED) is 0.914. The Hall–Kier alpha value is -1.74. The number of nitrogens with zero attached hydrogens (tertiary/aromatic N) is 2. The molecule has 1 aliphatic rings. The number of nitrogens with one attached hydrogen (secondary N) is 1. The number of pyridine rings is 2. The summed E-state index contributed by atoms with van der Waals surface area (Å²) in [5, 5.41) is 3.64. The van der Waals surface area contributed by atoms with Gasteiger partial charge in [-0.25, -0.2) is 0 Å². The van der Waals surface area contributed by atoms with E-state index in [0.717, 1.165) is 17.9 Å². The maximum Gasteiger partial charge on any atom is 0.0589 e. The topological polar surface area (TPSA) is 37.8 Å². The summed E-state index contributed by atoms with van der Waals surface area (Å²) >= 11 is 0. The van der Waals surface area contributed by atoms with Gasteiger partial charge in [0, 0.05) is 18.4 Å². The van der Waals surface area contributed by atoms with E-state index in [1.54, 1.807) is 0 Å². The van der Waals surface area contributed by atoms with Crippen LogP contribution in [-0.4, -0.2) is 22.6 Å². The third-order valence-corrected chi connectivity index (χ3v) is 3.76. The second-order valence-electron chi connectivity index (χ2n) is 5.04. The van der Waals surface area contributed by atoms with Crippen molar-refractivity contribution in [3.05, 3.63) is 60.2 Å². The summed E-state index contributed by atoms with van der Waals surface area (Å²) in [6, 6.07) is 12.7. The van der Waals surface area contributed by atoms with Crippen LogP contribution in [0.2, 0.25) is 0 Å². The third-order valence-electron chi connectivity index (χ3n) is 3.76. The van der Waals surface area contributed by atoms with Crippen molar-refractivity contribution in [2.24, 2.45) is 0 Å². The van der Waals surface area contributed by atoms with E-state index >= 15 is 0 Å². The predicted octanol–water partition coefficient (Wildman–Crippen LogP) is 2.75. The molecule has 1 atom stereocenters. The summed E-state index contributed by atoms with van der Waals surface area (Å²) < 4.78 is 0. The van der Waals surface area contributed by atoms with E-state index in [4.69, 9.17) is 0 Å². The Morgan fingerprint density at radius 3 is 2.11 bits per heavy atom. The average Bonchev–Trinajstić information content (AvgIpc) is 2.51. The van der Waals surface area contributed by atoms with E-state index in [-0.39, 0.29) is 5.92 Å². The number of hydrogen-bond acceptors (Lipinski definition) is 3. The van der Waals surface area contributed by atoms with Gasteiger partial charge in [-0.1, -0.05) is 18.6 Å². The Balaban J connectivity index is 1.96. The zero-order valence-corrected chi connectivity index (χ0v) is 11.0. The standard InChI is InChI=1S/C16H19N3/c1-4-10-17-13(7-1)16(14-8-2-5-11-18-14)15-9-3-6-12-19-15/h1-2,4-5,7-8,10-11,15-16,19H,3,6,9,12H2. The van der Waals surface area contributed by atoms with E-state index in [0.29, 0.717) is 6.04 Å². The molecular weight excluding hydrogens is 234 g/mol. The van der Waals surface area contributed by atoms with Crippen LogP contribution in [-0.2, 0) is 0 Å². The molecule has 2 aromatic heterocycles. The predicted molar refractivity (Wildman–Crippen MR) is 76.0 cm³/mol. The van der Waals surface area contributed by atoms with Crippen molar-refractivity contribution < 1.29 is 0 Å². The van der Waals surface area contributed by atoms with E-state index in [9.17, 15) is 0 Å². The Morgan fingerprint density at radius 1 is 0.947 bits per heavy atom. The number of aromatic nitrogens is 2. The first kappa shape index (κ1) is 12.3. The lowest BCUT2D eigenvalue weighted by Gasteiger charge is -2.30. The van der Waals surface area contributed by atoms with Gasteiger partial charge in [0.15, 0.2) is 0 Å². The van der Waals surface area contributed by atoms with Crippen LogP contribution in [0.4, 0.5) is 0 Å². The highest BCUT2D eigenvalue weighted by Gasteiger charge is 2.27. The summed E-state index contributed by atoms with van der Waals surface area (Å²) in [5.41, 5.74) is 2.22. The van der Waals surface area contributed by atoms with Gasteiger partial charge in [-0.05, 0) is 43.7 Å². The lowest BCUT2D eigenvalue weighted by Crippen LogP contribution is -2.39. The van der Waals surface area contributed by atoms with Gasteiger partial charge in [-0.2, -0.15) is 0 Å². The van der Waals surface area contributed by atoms with Crippen LogP contribution in [0.3, 0.4) is 0 Å². The summed E-state index contributed by atoms with van der Waals surface area (Å²) in [7, 11) is 0. The smallest absolute Gasteiger partial charge is 0.0589 e. The van der Waals surface area contributed by atoms with Crippen LogP contribution in [0.25, 0.3) is 0 Å². The Labute approximate surface area is 114 Å². The van der Waals surface area contributed by atoms with Crippen molar-refractivity contribution in [3.63, 3.8) is 0 Å². The van der Waals surface area contributed by atoms with Crippen molar-refractivity contribution in [1.29, 1.82) is 0 Å². The largest absolute Gasteiger partial charge is 0.313 e. The molecule has 3 heterocycles. The van der Waals surface area contributed by atoms with Crippen LogP contribution < -0.4 is 5.32 Å². The molecule has 1 N–H and O–H groups in total. The Kier molecular flexibility index (Phi) is 3.84. The van der Waals surface area contributed by atoms with E-state index in [1.165, 1.54) is 19.3 Å². The molecule has 3 heteroatoms. The molecule has 1 fully saturated rings. The van der Waals surface area contributed by atoms with E-state index < -0.39 is 0 Å². The minimum absolute atomic E-state index is 0.252. The summed E-state index contributed by atoms with van der Waals surface area (Å²) in [6.07, 6.45) is 7.49. The highest BCUT2D eigenvalue weighted by molar-refractivity contribution is 5.25. The van der Waals surface area contributed by atoms with Crippen molar-refractivity contribution >= 4 is 0 Å². The lowest BCUT2D eigenvalue weighted by atomic mass is 9.86. The van der Waals surface area contributed by atoms with Crippen LogP contribution in [0.1, 0.15) is 36.6 Å². The van der Waals surface area contributed by atoms with Gasteiger partial charge in [0.25, 0.3) is 0 Å².